The Morgan fingerprint density at radius 3 is 1.50 bits per heavy atom. The van der Waals surface area contributed by atoms with E-state index in [-0.39, 0.29) is 39.6 Å². The van der Waals surface area contributed by atoms with Gasteiger partial charge in [0, 0.05) is 10.8 Å². The number of carbonyl (C=O) groups excluding carboxylic acids is 2. The lowest BCUT2D eigenvalue weighted by Gasteiger charge is -2.13. The Morgan fingerprint density at radius 1 is 0.667 bits per heavy atom. The molecule has 0 aliphatic carbocycles. The third kappa shape index (κ3) is 7.38. The zero-order valence-electron chi connectivity index (χ0n) is 16.5. The number of fused-ring (bicyclic) bond motifs is 1. The highest BCUT2D eigenvalue weighted by molar-refractivity contribution is 5.93. The van der Waals surface area contributed by atoms with Crippen LogP contribution in [0.3, 0.4) is 0 Å². The van der Waals surface area contributed by atoms with Crippen LogP contribution in [0.4, 0.5) is 9.59 Å². The third-order valence-corrected chi connectivity index (χ3v) is 3.60. The van der Waals surface area contributed by atoms with Crippen molar-refractivity contribution in [2.45, 2.75) is 0 Å². The summed E-state index contributed by atoms with van der Waals surface area (Å²) in [6.07, 6.45) is 1.35. The van der Waals surface area contributed by atoms with Crippen molar-refractivity contribution in [3.63, 3.8) is 0 Å². The highest BCUT2D eigenvalue weighted by Crippen LogP contribution is 2.32. The summed E-state index contributed by atoms with van der Waals surface area (Å²) in [5, 5.41) is 1.66. The van der Waals surface area contributed by atoms with Crippen molar-refractivity contribution in [1.82, 2.24) is 0 Å². The van der Waals surface area contributed by atoms with Crippen molar-refractivity contribution in [3.05, 3.63) is 61.7 Å². The van der Waals surface area contributed by atoms with Gasteiger partial charge < -0.3 is 28.4 Å². The minimum absolute atomic E-state index is 0.0435. The SMILES string of the molecule is C=CCOC(=O)OCCOc1cccc2c(OCCOC(=O)OCC=C)cccc12. The molecule has 2 rings (SSSR count). The van der Waals surface area contributed by atoms with Gasteiger partial charge in [0.25, 0.3) is 0 Å². The summed E-state index contributed by atoms with van der Waals surface area (Å²) < 4.78 is 30.7. The first-order chi connectivity index (χ1) is 14.7. The standard InChI is InChI=1S/C22H24O8/c1-3-11-27-21(23)29-15-13-25-19-9-5-8-18-17(19)7-6-10-20(18)26-14-16-30-22(24)28-12-4-2/h3-10H,1-2,11-16H2. The number of benzene rings is 2. The number of hydrogen-bond acceptors (Lipinski definition) is 8. The van der Waals surface area contributed by atoms with Gasteiger partial charge in [0.2, 0.25) is 0 Å². The molecule has 0 radical (unpaired) electrons. The van der Waals surface area contributed by atoms with Crippen LogP contribution in [-0.2, 0) is 18.9 Å². The van der Waals surface area contributed by atoms with Crippen LogP contribution in [0.25, 0.3) is 10.8 Å². The van der Waals surface area contributed by atoms with Gasteiger partial charge in [0.15, 0.2) is 0 Å². The molecular formula is C22H24O8. The van der Waals surface area contributed by atoms with E-state index < -0.39 is 12.3 Å². The molecule has 0 amide bonds. The molecule has 8 heteroatoms. The molecule has 0 fully saturated rings. The molecular weight excluding hydrogens is 392 g/mol. The van der Waals surface area contributed by atoms with Gasteiger partial charge in [-0.1, -0.05) is 49.6 Å². The van der Waals surface area contributed by atoms with Crippen LogP contribution >= 0.6 is 0 Å². The maximum atomic E-state index is 11.3. The Balaban J connectivity index is 1.87. The molecule has 0 aromatic heterocycles. The van der Waals surface area contributed by atoms with Crippen LogP contribution in [0.15, 0.2) is 61.7 Å². The fourth-order valence-electron chi connectivity index (χ4n) is 2.39. The molecule has 0 aliphatic rings. The van der Waals surface area contributed by atoms with Crippen molar-refractivity contribution >= 4 is 23.1 Å². The molecule has 0 bridgehead atoms. The van der Waals surface area contributed by atoms with Crippen molar-refractivity contribution in [2.24, 2.45) is 0 Å². The summed E-state index contributed by atoms with van der Waals surface area (Å²) in [4.78, 5) is 22.6. The van der Waals surface area contributed by atoms with Gasteiger partial charge in [-0.3, -0.25) is 0 Å². The van der Waals surface area contributed by atoms with Gasteiger partial charge in [-0.2, -0.15) is 0 Å². The molecule has 0 N–H and O–H groups in total. The summed E-state index contributed by atoms with van der Waals surface area (Å²) in [7, 11) is 0. The number of hydrogen-bond donors (Lipinski definition) is 0. The second kappa shape index (κ2) is 12.7. The number of rotatable bonds is 12. The Morgan fingerprint density at radius 2 is 1.10 bits per heavy atom. The molecule has 2 aromatic rings. The first-order valence-corrected chi connectivity index (χ1v) is 9.24. The van der Waals surface area contributed by atoms with E-state index in [9.17, 15) is 9.59 Å². The van der Waals surface area contributed by atoms with Crippen molar-refractivity contribution in [3.8, 4) is 11.5 Å². The molecule has 0 unspecified atom stereocenters. The molecule has 2 aromatic carbocycles. The monoisotopic (exact) mass is 416 g/mol. The van der Waals surface area contributed by atoms with E-state index in [1.807, 2.05) is 24.3 Å². The van der Waals surface area contributed by atoms with E-state index in [4.69, 9.17) is 28.4 Å². The number of carbonyl (C=O) groups is 2. The van der Waals surface area contributed by atoms with Crippen LogP contribution in [0.2, 0.25) is 0 Å². The average Bonchev–Trinajstić information content (AvgIpc) is 2.76. The Bertz CT molecular complexity index is 790. The van der Waals surface area contributed by atoms with E-state index >= 15 is 0 Å². The van der Waals surface area contributed by atoms with Gasteiger partial charge >= 0.3 is 12.3 Å². The fraction of sp³-hybridized carbons (Fsp3) is 0.273. The van der Waals surface area contributed by atoms with Gasteiger partial charge in [-0.05, 0) is 12.1 Å². The maximum absolute atomic E-state index is 11.3. The quantitative estimate of drug-likeness (QED) is 0.288. The zero-order chi connectivity index (χ0) is 21.6. The first-order valence-electron chi connectivity index (χ1n) is 9.24. The van der Waals surface area contributed by atoms with Crippen LogP contribution in [0, 0.1) is 0 Å². The average molecular weight is 416 g/mol. The molecule has 0 saturated heterocycles. The van der Waals surface area contributed by atoms with E-state index in [0.717, 1.165) is 10.8 Å². The second-order valence-electron chi connectivity index (χ2n) is 5.70. The largest absolute Gasteiger partial charge is 0.508 e. The summed E-state index contributed by atoms with van der Waals surface area (Å²) in [6, 6.07) is 11.0. The summed E-state index contributed by atoms with van der Waals surface area (Å²) in [6.45, 7) is 7.49. The fourth-order valence-corrected chi connectivity index (χ4v) is 2.39. The van der Waals surface area contributed by atoms with Gasteiger partial charge in [0.1, 0.15) is 51.1 Å². The molecule has 0 heterocycles. The van der Waals surface area contributed by atoms with Crippen molar-refractivity contribution in [2.75, 3.05) is 39.6 Å². The van der Waals surface area contributed by atoms with E-state index in [1.54, 1.807) is 12.1 Å². The van der Waals surface area contributed by atoms with Gasteiger partial charge in [-0.15, -0.1) is 0 Å². The topological polar surface area (TPSA) is 89.5 Å². The molecule has 0 spiro atoms. The van der Waals surface area contributed by atoms with Crippen molar-refractivity contribution in [1.29, 1.82) is 0 Å². The van der Waals surface area contributed by atoms with Gasteiger partial charge in [0.05, 0.1) is 0 Å². The highest BCUT2D eigenvalue weighted by Gasteiger charge is 2.09. The Kier molecular flexibility index (Phi) is 9.58. The summed E-state index contributed by atoms with van der Waals surface area (Å²) in [5.74, 6) is 1.23. The molecule has 0 saturated carbocycles. The zero-order valence-corrected chi connectivity index (χ0v) is 16.5. The Hall–Kier alpha value is -3.68. The summed E-state index contributed by atoms with van der Waals surface area (Å²) in [5.41, 5.74) is 0. The minimum Gasteiger partial charge on any atom is -0.489 e. The molecule has 0 aliphatic heterocycles. The van der Waals surface area contributed by atoms with Crippen LogP contribution in [-0.4, -0.2) is 52.0 Å². The Labute approximate surface area is 174 Å². The lowest BCUT2D eigenvalue weighted by molar-refractivity contribution is 0.0526. The molecule has 160 valence electrons. The van der Waals surface area contributed by atoms with E-state index in [2.05, 4.69) is 13.2 Å². The molecule has 30 heavy (non-hydrogen) atoms. The predicted octanol–water partition coefficient (Wildman–Crippen LogP) is 4.28. The lowest BCUT2D eigenvalue weighted by Crippen LogP contribution is -2.14. The molecule has 0 atom stereocenters. The first kappa shape index (κ1) is 22.6. The highest BCUT2D eigenvalue weighted by atomic mass is 16.7. The van der Waals surface area contributed by atoms with Gasteiger partial charge in [-0.25, -0.2) is 9.59 Å². The summed E-state index contributed by atoms with van der Waals surface area (Å²) >= 11 is 0. The van der Waals surface area contributed by atoms with Crippen LogP contribution in [0.5, 0.6) is 11.5 Å². The van der Waals surface area contributed by atoms with Crippen LogP contribution < -0.4 is 9.47 Å². The normalized spacial score (nSPS) is 10.0. The second-order valence-corrected chi connectivity index (χ2v) is 5.70. The predicted molar refractivity (Wildman–Crippen MR) is 110 cm³/mol. The molecule has 8 nitrogen and oxygen atoms in total. The van der Waals surface area contributed by atoms with Crippen molar-refractivity contribution < 1.29 is 38.0 Å². The minimum atomic E-state index is -0.775. The lowest BCUT2D eigenvalue weighted by atomic mass is 10.1. The smallest absolute Gasteiger partial charge is 0.489 e. The van der Waals surface area contributed by atoms with E-state index in [0.29, 0.717) is 11.5 Å². The van der Waals surface area contributed by atoms with Crippen LogP contribution in [0.1, 0.15) is 0 Å². The third-order valence-electron chi connectivity index (χ3n) is 3.60. The number of ether oxygens (including phenoxy) is 6. The van der Waals surface area contributed by atoms with E-state index in [1.165, 1.54) is 12.2 Å². The maximum Gasteiger partial charge on any atom is 0.508 e.